The maximum Gasteiger partial charge on any atom is 0.414 e. The molecule has 1 aromatic heterocycles. The quantitative estimate of drug-likeness (QED) is 0.621. The van der Waals surface area contributed by atoms with E-state index in [2.05, 4.69) is 15.3 Å². The van der Waals surface area contributed by atoms with Crippen LogP contribution in [0.15, 0.2) is 36.8 Å². The third-order valence-electron chi connectivity index (χ3n) is 3.43. The molecule has 1 aliphatic heterocycles. The summed E-state index contributed by atoms with van der Waals surface area (Å²) in [7, 11) is 0. The van der Waals surface area contributed by atoms with Crippen LogP contribution >= 0.6 is 0 Å². The summed E-state index contributed by atoms with van der Waals surface area (Å²) < 4.78 is 19.2. The summed E-state index contributed by atoms with van der Waals surface area (Å²) in [6.45, 7) is 0.110. The van der Waals surface area contributed by atoms with Gasteiger partial charge in [0.1, 0.15) is 24.1 Å². The van der Waals surface area contributed by atoms with Crippen molar-refractivity contribution in [2.45, 2.75) is 6.10 Å². The Morgan fingerprint density at radius 3 is 2.84 bits per heavy atom. The maximum atomic E-state index is 14.3. The minimum Gasteiger partial charge on any atom is -0.674 e. The zero-order chi connectivity index (χ0) is 17.1. The van der Waals surface area contributed by atoms with Crippen LogP contribution in [-0.4, -0.2) is 41.2 Å². The van der Waals surface area contributed by atoms with Gasteiger partial charge in [-0.15, -0.1) is 6.54 Å². The zero-order valence-electron chi connectivity index (χ0n) is 13.0. The first-order chi connectivity index (χ1) is 11.6. The fraction of sp³-hybridized carbons (Fsp3) is 0.200. The van der Waals surface area contributed by atoms with Crippen LogP contribution in [0.4, 0.5) is 20.7 Å². The van der Waals surface area contributed by atoms with Gasteiger partial charge in [-0.25, -0.2) is 19.2 Å². The normalized spacial score (nSPS) is 16.2. The van der Waals surface area contributed by atoms with E-state index >= 15 is 0 Å². The van der Waals surface area contributed by atoms with Crippen LogP contribution in [0.3, 0.4) is 0 Å². The predicted octanol–water partition coefficient (Wildman–Crippen LogP) is 2.25. The second-order valence-electron chi connectivity index (χ2n) is 5.03. The number of aromatic nitrogens is 2. The number of carbonyl (C=O) groups is 2. The van der Waals surface area contributed by atoms with Gasteiger partial charge in [-0.05, 0) is 24.3 Å². The zero-order valence-corrected chi connectivity index (χ0v) is 17.7. The number of carbonyl (C=O) groups excluding carboxylic acids is 2. The Morgan fingerprint density at radius 1 is 1.44 bits per heavy atom. The first kappa shape index (κ1) is 19.7. The summed E-state index contributed by atoms with van der Waals surface area (Å²) in [5.74, 6) is -1.19. The number of nitrogens with one attached hydrogen (secondary N) is 2. The molecule has 0 aliphatic carbocycles. The molecule has 0 spiro atoms. The van der Waals surface area contributed by atoms with E-state index in [9.17, 15) is 14.0 Å². The molecule has 1 fully saturated rings. The van der Waals surface area contributed by atoms with Gasteiger partial charge in [-0.1, -0.05) is 0 Å². The van der Waals surface area contributed by atoms with Crippen molar-refractivity contribution in [1.29, 1.82) is 0 Å². The smallest absolute Gasteiger partial charge is 0.414 e. The molecule has 2 N–H and O–H groups in total. The van der Waals surface area contributed by atoms with Crippen LogP contribution in [0.2, 0.25) is 0 Å². The van der Waals surface area contributed by atoms with E-state index in [1.165, 1.54) is 35.6 Å². The Kier molecular flexibility index (Phi) is 6.81. The summed E-state index contributed by atoms with van der Waals surface area (Å²) in [5, 5.41) is 2.45. The van der Waals surface area contributed by atoms with Crippen molar-refractivity contribution in [1.82, 2.24) is 9.97 Å². The fourth-order valence-corrected chi connectivity index (χ4v) is 2.24. The van der Waals surface area contributed by atoms with E-state index in [1.807, 2.05) is 0 Å². The van der Waals surface area contributed by atoms with Crippen molar-refractivity contribution >= 4 is 23.5 Å². The van der Waals surface area contributed by atoms with Gasteiger partial charge in [0.2, 0.25) is 0 Å². The van der Waals surface area contributed by atoms with Gasteiger partial charge in [0, 0.05) is 50.3 Å². The molecule has 0 unspecified atom stereocenters. The van der Waals surface area contributed by atoms with E-state index in [-0.39, 0.29) is 74.2 Å². The topological polar surface area (TPSA) is 108 Å². The average molecular weight is 557 g/mol. The number of ether oxygens (including phenoxy) is 1. The number of hydrogen-bond acceptors (Lipinski definition) is 5. The van der Waals surface area contributed by atoms with Crippen molar-refractivity contribution < 1.29 is 62.8 Å². The average Bonchev–Trinajstić information content (AvgIpc) is 2.96. The number of cyclic esters (lactones) is 1. The van der Waals surface area contributed by atoms with Crippen molar-refractivity contribution in [3.63, 3.8) is 0 Å². The van der Waals surface area contributed by atoms with Gasteiger partial charge in [-0.2, -0.15) is 0 Å². The van der Waals surface area contributed by atoms with Crippen LogP contribution in [0.5, 0.6) is 0 Å². The Balaban J connectivity index is 0.00000225. The van der Waals surface area contributed by atoms with Crippen LogP contribution in [0.25, 0.3) is 5.73 Å². The molecule has 2 aromatic rings. The molecule has 25 heavy (non-hydrogen) atoms. The molecular weight excluding hydrogens is 544 g/mol. The van der Waals surface area contributed by atoms with Crippen LogP contribution in [0, 0.1) is 49.9 Å². The number of amides is 2. The summed E-state index contributed by atoms with van der Waals surface area (Å²) in [4.78, 5) is 32.6. The molecule has 1 aromatic carbocycles. The first-order valence-corrected chi connectivity index (χ1v) is 7.08. The first-order valence-electron chi connectivity index (χ1n) is 7.08. The number of rotatable bonds is 4. The minimum atomic E-state index is -0.777. The minimum absolute atomic E-state index is 0. The Morgan fingerprint density at radius 2 is 2.24 bits per heavy atom. The number of benzene rings is 1. The molecular formula is C15H13AcFN5O3-. The van der Waals surface area contributed by atoms with E-state index in [1.54, 1.807) is 0 Å². The van der Waals surface area contributed by atoms with E-state index in [4.69, 9.17) is 10.5 Å². The summed E-state index contributed by atoms with van der Waals surface area (Å²) >= 11 is 0. The third-order valence-corrected chi connectivity index (χ3v) is 3.43. The second-order valence-corrected chi connectivity index (χ2v) is 5.03. The number of anilines is 2. The number of halogens is 1. The monoisotopic (exact) mass is 557 g/mol. The van der Waals surface area contributed by atoms with E-state index in [0.717, 1.165) is 6.07 Å². The summed E-state index contributed by atoms with van der Waals surface area (Å²) in [6.07, 6.45) is 1.53. The van der Waals surface area contributed by atoms with Crippen molar-refractivity contribution in [2.24, 2.45) is 0 Å². The largest absolute Gasteiger partial charge is 0.674 e. The Bertz CT molecular complexity index is 777. The molecule has 10 heteroatoms. The van der Waals surface area contributed by atoms with Gasteiger partial charge in [0.05, 0.1) is 17.8 Å². The molecule has 2 amide bonds. The fourth-order valence-electron chi connectivity index (χ4n) is 2.24. The molecule has 0 bridgehead atoms. The molecule has 0 saturated carbocycles. The van der Waals surface area contributed by atoms with Gasteiger partial charge >= 0.3 is 6.09 Å². The van der Waals surface area contributed by atoms with Gasteiger partial charge in [-0.3, -0.25) is 9.69 Å². The molecule has 8 nitrogen and oxygen atoms in total. The standard InChI is InChI=1S/C15H13FN5O3.Ac/c16-12-5-9(21-7-10(6-17)24-15(21)23)1-2-11(12)14(22)20-13-3-4-18-8-19-13;/h1-5,8,10,17H,6-7H2,(H,18,19,20,22);/q-1;/t10-;/m0./s1. The van der Waals surface area contributed by atoms with E-state index < -0.39 is 23.9 Å². The molecule has 3 rings (SSSR count). The predicted molar refractivity (Wildman–Crippen MR) is 83.2 cm³/mol. The van der Waals surface area contributed by atoms with Crippen molar-refractivity contribution in [3.8, 4) is 0 Å². The van der Waals surface area contributed by atoms with Crippen LogP contribution in [0.1, 0.15) is 10.4 Å². The van der Waals surface area contributed by atoms with E-state index in [0.29, 0.717) is 0 Å². The van der Waals surface area contributed by atoms with Gasteiger partial charge in [0.15, 0.2) is 0 Å². The van der Waals surface area contributed by atoms with Crippen molar-refractivity contribution in [3.05, 3.63) is 53.9 Å². The summed E-state index contributed by atoms with van der Waals surface area (Å²) in [6, 6.07) is 5.29. The van der Waals surface area contributed by atoms with Crippen LogP contribution < -0.4 is 10.2 Å². The second kappa shape index (κ2) is 8.65. The van der Waals surface area contributed by atoms with Crippen molar-refractivity contribution in [2.75, 3.05) is 23.3 Å². The number of nitrogens with zero attached hydrogens (tertiary/aromatic N) is 3. The van der Waals surface area contributed by atoms with Crippen LogP contribution in [-0.2, 0) is 4.74 Å². The third kappa shape index (κ3) is 4.51. The Labute approximate surface area is 178 Å². The Hall–Kier alpha value is -1.63. The molecule has 1 aliphatic rings. The molecule has 127 valence electrons. The maximum absolute atomic E-state index is 14.3. The molecule has 1 radical (unpaired) electrons. The molecule has 1 atom stereocenters. The molecule has 1 saturated heterocycles. The molecule has 2 heterocycles. The number of hydrogen-bond donors (Lipinski definition) is 1. The SMILES string of the molecule is [Ac].[NH-]C[C@H]1CN(c2ccc(C(=O)Nc3ccncn3)c(F)c2)C(=O)O1. The van der Waals surface area contributed by atoms with Gasteiger partial charge < -0.3 is 15.8 Å². The summed E-state index contributed by atoms with van der Waals surface area (Å²) in [5.41, 5.74) is 7.33. The van der Waals surface area contributed by atoms with Gasteiger partial charge in [0.25, 0.3) is 5.91 Å².